The maximum absolute atomic E-state index is 8.73. The average Bonchev–Trinajstić information content (AvgIpc) is 2.48. The first-order valence-electron chi connectivity index (χ1n) is 8.58. The lowest BCUT2D eigenvalue weighted by Crippen LogP contribution is -2.35. The molecule has 1 unspecified atom stereocenters. The highest BCUT2D eigenvalue weighted by atomic mass is 31.2. The van der Waals surface area contributed by atoms with Crippen molar-refractivity contribution in [1.82, 2.24) is 4.67 Å². The van der Waals surface area contributed by atoms with Crippen LogP contribution in [-0.4, -0.2) is 30.0 Å². The van der Waals surface area contributed by atoms with Gasteiger partial charge in [0.15, 0.2) is 0 Å². The fraction of sp³-hybridized carbons (Fsp3) is 0.941. The lowest BCUT2D eigenvalue weighted by atomic mass is 9.81. The minimum Gasteiger partial charge on any atom is -0.321 e. The smallest absolute Gasteiger partial charge is 0.259 e. The molecule has 0 aliphatic carbocycles. The summed E-state index contributed by atoms with van der Waals surface area (Å²) < 4.78 is 14.5. The normalized spacial score (nSPS) is 13.9. The van der Waals surface area contributed by atoms with Crippen molar-refractivity contribution in [2.75, 3.05) is 13.2 Å². The summed E-state index contributed by atoms with van der Waals surface area (Å²) in [4.78, 5) is 0. The van der Waals surface area contributed by atoms with Crippen molar-refractivity contribution in [2.24, 2.45) is 5.41 Å². The highest BCUT2D eigenvalue weighted by Gasteiger charge is 2.31. The minimum atomic E-state index is -1.11. The Morgan fingerprint density at radius 3 is 1.86 bits per heavy atom. The lowest BCUT2D eigenvalue weighted by molar-refractivity contribution is 0.0983. The zero-order valence-corrected chi connectivity index (χ0v) is 16.4. The molecule has 0 spiro atoms. The molecule has 0 rings (SSSR count). The van der Waals surface area contributed by atoms with E-state index >= 15 is 0 Å². The molecule has 0 aromatic heterocycles. The van der Waals surface area contributed by atoms with Gasteiger partial charge >= 0.3 is 0 Å². The van der Waals surface area contributed by atoms with Crippen molar-refractivity contribution in [1.29, 1.82) is 5.26 Å². The standard InChI is InChI=1S/C17H35N2O2P/c1-8-17(9-2,10-3)14-21-22(20-13-11-12-18)19(15(4)5)16(6)7/h15-16H,8-11,13-14H2,1-7H3. The van der Waals surface area contributed by atoms with Crippen LogP contribution in [0, 0.1) is 16.7 Å². The second-order valence-corrected chi connectivity index (χ2v) is 7.83. The highest BCUT2D eigenvalue weighted by Crippen LogP contribution is 2.48. The summed E-state index contributed by atoms with van der Waals surface area (Å²) in [5.41, 5.74) is 0.235. The largest absolute Gasteiger partial charge is 0.321 e. The molecule has 0 saturated heterocycles. The molecule has 22 heavy (non-hydrogen) atoms. The van der Waals surface area contributed by atoms with Crippen molar-refractivity contribution >= 4 is 8.53 Å². The Hall–Kier alpha value is -0.200. The Morgan fingerprint density at radius 2 is 1.50 bits per heavy atom. The molecule has 0 radical (unpaired) electrons. The van der Waals surface area contributed by atoms with Gasteiger partial charge in [-0.3, -0.25) is 0 Å². The van der Waals surface area contributed by atoms with E-state index in [4.69, 9.17) is 14.3 Å². The van der Waals surface area contributed by atoms with Gasteiger partial charge in [0.25, 0.3) is 8.53 Å². The number of nitriles is 1. The van der Waals surface area contributed by atoms with Crippen LogP contribution >= 0.6 is 8.53 Å². The SMILES string of the molecule is CCC(CC)(CC)COP(OCCC#N)N(C(C)C)C(C)C. The maximum Gasteiger partial charge on any atom is 0.259 e. The first kappa shape index (κ1) is 21.8. The van der Waals surface area contributed by atoms with Crippen molar-refractivity contribution in [3.63, 3.8) is 0 Å². The molecule has 0 aromatic carbocycles. The van der Waals surface area contributed by atoms with Crippen LogP contribution < -0.4 is 0 Å². The Bertz CT molecular complexity index is 309. The molecule has 0 N–H and O–H groups in total. The second kappa shape index (κ2) is 11.4. The first-order valence-corrected chi connectivity index (χ1v) is 9.71. The molecule has 0 saturated carbocycles. The third kappa shape index (κ3) is 6.92. The van der Waals surface area contributed by atoms with Gasteiger partial charge in [-0.25, -0.2) is 4.67 Å². The Morgan fingerprint density at radius 1 is 1.00 bits per heavy atom. The van der Waals surface area contributed by atoms with E-state index in [9.17, 15) is 0 Å². The quantitative estimate of drug-likeness (QED) is 0.350. The minimum absolute atomic E-state index is 0.235. The molecule has 0 aromatic rings. The Labute approximate surface area is 139 Å². The van der Waals surface area contributed by atoms with Gasteiger partial charge in [0.2, 0.25) is 0 Å². The van der Waals surface area contributed by atoms with E-state index in [0.29, 0.717) is 25.1 Å². The van der Waals surface area contributed by atoms with Gasteiger partial charge in [0.05, 0.1) is 25.7 Å². The number of rotatable bonds is 12. The third-order valence-corrected chi connectivity index (χ3v) is 6.45. The van der Waals surface area contributed by atoms with Crippen LogP contribution in [0.3, 0.4) is 0 Å². The van der Waals surface area contributed by atoms with Crippen molar-refractivity contribution in [3.05, 3.63) is 0 Å². The van der Waals surface area contributed by atoms with Gasteiger partial charge in [0.1, 0.15) is 0 Å². The summed E-state index contributed by atoms with van der Waals surface area (Å²) in [6, 6.07) is 2.85. The Balaban J connectivity index is 4.95. The van der Waals surface area contributed by atoms with Crippen LogP contribution in [0.25, 0.3) is 0 Å². The highest BCUT2D eigenvalue weighted by molar-refractivity contribution is 7.44. The number of hydrogen-bond donors (Lipinski definition) is 0. The van der Waals surface area contributed by atoms with Gasteiger partial charge in [-0.15, -0.1) is 0 Å². The van der Waals surface area contributed by atoms with Crippen LogP contribution in [0.5, 0.6) is 0 Å². The first-order chi connectivity index (χ1) is 10.4. The molecule has 0 aliphatic rings. The van der Waals surface area contributed by atoms with Crippen LogP contribution in [0.15, 0.2) is 0 Å². The summed E-state index contributed by atoms with van der Waals surface area (Å²) in [5, 5.41) is 8.73. The van der Waals surface area contributed by atoms with Gasteiger partial charge in [0, 0.05) is 12.1 Å². The third-order valence-electron chi connectivity index (χ3n) is 4.39. The van der Waals surface area contributed by atoms with Gasteiger partial charge in [-0.2, -0.15) is 5.26 Å². The average molecular weight is 330 g/mol. The van der Waals surface area contributed by atoms with Crippen LogP contribution in [0.1, 0.15) is 74.1 Å². The van der Waals surface area contributed by atoms with Gasteiger partial charge in [-0.1, -0.05) is 20.8 Å². The van der Waals surface area contributed by atoms with E-state index in [1.165, 1.54) is 0 Å². The monoisotopic (exact) mass is 330 g/mol. The number of hydrogen-bond acceptors (Lipinski definition) is 4. The van der Waals surface area contributed by atoms with E-state index in [1.807, 2.05) is 0 Å². The molecule has 0 heterocycles. The molecular formula is C17H35N2O2P. The molecule has 0 amide bonds. The van der Waals surface area contributed by atoms with E-state index < -0.39 is 8.53 Å². The van der Waals surface area contributed by atoms with Crippen LogP contribution in [0.4, 0.5) is 0 Å². The predicted octanol–water partition coefficient (Wildman–Crippen LogP) is 5.50. The van der Waals surface area contributed by atoms with Crippen LogP contribution in [-0.2, 0) is 9.05 Å². The summed E-state index contributed by atoms with van der Waals surface area (Å²) in [6.45, 7) is 16.5. The Kier molecular flexibility index (Phi) is 11.3. The fourth-order valence-corrected chi connectivity index (χ4v) is 4.29. The molecule has 130 valence electrons. The zero-order valence-electron chi connectivity index (χ0n) is 15.6. The summed E-state index contributed by atoms with van der Waals surface area (Å²) in [5.74, 6) is 0. The molecular weight excluding hydrogens is 295 g/mol. The maximum atomic E-state index is 8.73. The van der Waals surface area contributed by atoms with Crippen molar-refractivity contribution < 1.29 is 9.05 Å². The molecule has 5 heteroatoms. The molecule has 0 bridgehead atoms. The second-order valence-electron chi connectivity index (χ2n) is 6.38. The van der Waals surface area contributed by atoms with Gasteiger partial charge in [-0.05, 0) is 52.4 Å². The summed E-state index contributed by atoms with van der Waals surface area (Å²) in [6.07, 6.45) is 3.76. The molecule has 1 atom stereocenters. The summed E-state index contributed by atoms with van der Waals surface area (Å²) in [7, 11) is -1.11. The number of nitrogens with zero attached hydrogens (tertiary/aromatic N) is 2. The topological polar surface area (TPSA) is 45.5 Å². The molecule has 4 nitrogen and oxygen atoms in total. The lowest BCUT2D eigenvalue weighted by Gasteiger charge is -2.38. The van der Waals surface area contributed by atoms with E-state index in [-0.39, 0.29) is 5.41 Å². The van der Waals surface area contributed by atoms with E-state index in [0.717, 1.165) is 25.9 Å². The zero-order chi connectivity index (χ0) is 17.2. The van der Waals surface area contributed by atoms with Crippen molar-refractivity contribution in [3.8, 4) is 6.07 Å². The van der Waals surface area contributed by atoms with E-state index in [2.05, 4.69) is 59.2 Å². The van der Waals surface area contributed by atoms with Crippen molar-refractivity contribution in [2.45, 2.75) is 86.2 Å². The summed E-state index contributed by atoms with van der Waals surface area (Å²) >= 11 is 0. The molecule has 0 fully saturated rings. The van der Waals surface area contributed by atoms with E-state index in [1.54, 1.807) is 0 Å². The molecule has 0 aliphatic heterocycles. The predicted molar refractivity (Wildman–Crippen MR) is 94.5 cm³/mol. The van der Waals surface area contributed by atoms with Crippen LogP contribution in [0.2, 0.25) is 0 Å². The fourth-order valence-electron chi connectivity index (χ4n) is 2.56. The van der Waals surface area contributed by atoms with Gasteiger partial charge < -0.3 is 9.05 Å².